The second-order valence-electron chi connectivity index (χ2n) is 8.77. The van der Waals surface area contributed by atoms with Crippen molar-refractivity contribution in [1.29, 1.82) is 0 Å². The van der Waals surface area contributed by atoms with Crippen molar-refractivity contribution in [2.45, 2.75) is 102 Å². The normalized spacial score (nSPS) is 25.3. The Morgan fingerprint density at radius 2 is 1.52 bits per heavy atom. The highest BCUT2D eigenvalue weighted by Gasteiger charge is 2.24. The van der Waals surface area contributed by atoms with E-state index in [9.17, 15) is 9.90 Å². The first-order valence-corrected chi connectivity index (χ1v) is 11.7. The van der Waals surface area contributed by atoms with Gasteiger partial charge in [-0.15, -0.1) is 6.58 Å². The molecule has 1 aliphatic rings. The Hall–Kier alpha value is -1.61. The molecule has 29 heavy (non-hydrogen) atoms. The Balaban J connectivity index is 1.83. The number of aliphatic hydroxyl groups is 1. The molecule has 0 aliphatic heterocycles. The molecule has 0 saturated heterocycles. The molecule has 0 radical (unpaired) electrons. The Bertz CT molecular complexity index is 583. The summed E-state index contributed by atoms with van der Waals surface area (Å²) in [5.41, 5.74) is 0.483. The number of carbonyl (C=O) groups is 1. The first kappa shape index (κ1) is 23.7. The Kier molecular flexibility index (Phi) is 11.1. The molecule has 1 aromatic carbocycles. The highest BCUT2D eigenvalue weighted by molar-refractivity contribution is 5.72. The van der Waals surface area contributed by atoms with E-state index in [2.05, 4.69) is 6.58 Å². The Morgan fingerprint density at radius 1 is 0.966 bits per heavy atom. The molecule has 3 nitrogen and oxygen atoms in total. The van der Waals surface area contributed by atoms with Gasteiger partial charge in [0.15, 0.2) is 0 Å². The van der Waals surface area contributed by atoms with E-state index in [4.69, 9.17) is 4.74 Å². The second-order valence-corrected chi connectivity index (χ2v) is 8.77. The van der Waals surface area contributed by atoms with Crippen LogP contribution in [0.25, 0.3) is 0 Å². The predicted octanol–water partition coefficient (Wildman–Crippen LogP) is 6.74. The molecule has 162 valence electrons. The molecule has 1 N–H and O–H groups in total. The molecule has 1 aromatic rings. The smallest absolute Gasteiger partial charge is 0.309 e. The van der Waals surface area contributed by atoms with Crippen molar-refractivity contribution in [3.05, 3.63) is 48.6 Å². The molecule has 1 aliphatic carbocycles. The minimum Gasteiger partial charge on any atom is -0.461 e. The lowest BCUT2D eigenvalue weighted by Crippen LogP contribution is -2.27. The van der Waals surface area contributed by atoms with Crippen LogP contribution in [0.5, 0.6) is 0 Å². The van der Waals surface area contributed by atoms with Gasteiger partial charge in [0.2, 0.25) is 0 Å². The first-order chi connectivity index (χ1) is 14.1. The third kappa shape index (κ3) is 9.62. The summed E-state index contributed by atoms with van der Waals surface area (Å²) in [7, 11) is 0. The summed E-state index contributed by atoms with van der Waals surface area (Å²) in [6, 6.07) is 9.92. The predicted molar refractivity (Wildman–Crippen MR) is 120 cm³/mol. The van der Waals surface area contributed by atoms with Gasteiger partial charge in [-0.25, -0.2) is 0 Å². The maximum atomic E-state index is 12.7. The van der Waals surface area contributed by atoms with E-state index in [0.717, 1.165) is 82.6 Å². The van der Waals surface area contributed by atoms with Gasteiger partial charge in [-0.05, 0) is 37.7 Å². The van der Waals surface area contributed by atoms with Crippen LogP contribution >= 0.6 is 0 Å². The molecule has 0 amide bonds. The number of rotatable bonds is 5. The van der Waals surface area contributed by atoms with Crippen molar-refractivity contribution >= 4 is 5.97 Å². The van der Waals surface area contributed by atoms with Crippen LogP contribution in [0.1, 0.15) is 95.5 Å². The highest BCUT2D eigenvalue weighted by atomic mass is 16.5. The van der Waals surface area contributed by atoms with Crippen LogP contribution in [0.2, 0.25) is 0 Å². The number of ether oxygens (including phenoxy) is 1. The SMILES string of the molecule is C=CCC1(O)CCCCCCCC(C(=O)OCc2ccccc2)CCCCCC1. The lowest BCUT2D eigenvalue weighted by Gasteiger charge is -2.27. The standard InChI is InChI=1S/C26H40O3/c1-2-19-26(28)20-13-6-3-4-11-17-24(18-12-5-7-14-21-26)25(27)29-22-23-15-9-8-10-16-23/h2,8-10,15-16,24,28H,1,3-7,11-14,17-22H2. The average molecular weight is 401 g/mol. The van der Waals surface area contributed by atoms with Crippen LogP contribution in [-0.2, 0) is 16.1 Å². The van der Waals surface area contributed by atoms with Crippen molar-refractivity contribution in [2.24, 2.45) is 5.92 Å². The summed E-state index contributed by atoms with van der Waals surface area (Å²) >= 11 is 0. The molecule has 0 heterocycles. The number of hydrogen-bond acceptors (Lipinski definition) is 3. The fraction of sp³-hybridized carbons (Fsp3) is 0.654. The van der Waals surface area contributed by atoms with Gasteiger partial charge in [0.05, 0.1) is 11.5 Å². The number of benzene rings is 1. The van der Waals surface area contributed by atoms with E-state index in [-0.39, 0.29) is 11.9 Å². The molecule has 1 fully saturated rings. The first-order valence-electron chi connectivity index (χ1n) is 11.7. The van der Waals surface area contributed by atoms with E-state index in [1.54, 1.807) is 0 Å². The monoisotopic (exact) mass is 400 g/mol. The van der Waals surface area contributed by atoms with Gasteiger partial charge < -0.3 is 9.84 Å². The van der Waals surface area contributed by atoms with Gasteiger partial charge in [0.25, 0.3) is 0 Å². The largest absolute Gasteiger partial charge is 0.461 e. The second kappa shape index (κ2) is 13.6. The lowest BCUT2D eigenvalue weighted by atomic mass is 9.87. The molecular weight excluding hydrogens is 360 g/mol. The van der Waals surface area contributed by atoms with Crippen LogP contribution in [0, 0.1) is 5.92 Å². The third-order valence-electron chi connectivity index (χ3n) is 6.22. The lowest BCUT2D eigenvalue weighted by molar-refractivity contribution is -0.150. The quantitative estimate of drug-likeness (QED) is 0.440. The van der Waals surface area contributed by atoms with Crippen LogP contribution in [0.3, 0.4) is 0 Å². The average Bonchev–Trinajstić information content (AvgIpc) is 2.73. The maximum absolute atomic E-state index is 12.7. The zero-order valence-electron chi connectivity index (χ0n) is 18.1. The molecule has 0 bridgehead atoms. The fourth-order valence-corrected chi connectivity index (χ4v) is 4.40. The molecule has 3 heteroatoms. The highest BCUT2D eigenvalue weighted by Crippen LogP contribution is 2.28. The van der Waals surface area contributed by atoms with Crippen molar-refractivity contribution in [1.82, 2.24) is 0 Å². The van der Waals surface area contributed by atoms with Crippen LogP contribution < -0.4 is 0 Å². The van der Waals surface area contributed by atoms with Crippen LogP contribution in [0.4, 0.5) is 0 Å². The zero-order chi connectivity index (χ0) is 20.8. The molecule has 0 spiro atoms. The summed E-state index contributed by atoms with van der Waals surface area (Å²) in [5.74, 6) is 0.0000612. The summed E-state index contributed by atoms with van der Waals surface area (Å²) in [5, 5.41) is 10.9. The Labute approximate surface area is 177 Å². The minimum atomic E-state index is -0.564. The third-order valence-corrected chi connectivity index (χ3v) is 6.22. The summed E-state index contributed by atoms with van der Waals surface area (Å²) in [4.78, 5) is 12.7. The minimum absolute atomic E-state index is 0.0291. The molecule has 0 aromatic heterocycles. The van der Waals surface area contributed by atoms with Gasteiger partial charge in [-0.2, -0.15) is 0 Å². The fourth-order valence-electron chi connectivity index (χ4n) is 4.40. The molecule has 1 saturated carbocycles. The Morgan fingerprint density at radius 3 is 2.10 bits per heavy atom. The van der Waals surface area contributed by atoms with Crippen LogP contribution in [-0.4, -0.2) is 16.7 Å². The maximum Gasteiger partial charge on any atom is 0.309 e. The van der Waals surface area contributed by atoms with E-state index in [1.165, 1.54) is 6.42 Å². The molecule has 2 atom stereocenters. The number of carbonyl (C=O) groups excluding carboxylic acids is 1. The molecule has 2 rings (SSSR count). The van der Waals surface area contributed by atoms with Crippen molar-refractivity contribution in [3.8, 4) is 0 Å². The van der Waals surface area contributed by atoms with Gasteiger partial charge in [-0.3, -0.25) is 4.79 Å². The van der Waals surface area contributed by atoms with Gasteiger partial charge in [0, 0.05) is 0 Å². The summed E-state index contributed by atoms with van der Waals surface area (Å²) < 4.78 is 5.63. The van der Waals surface area contributed by atoms with E-state index < -0.39 is 5.60 Å². The molecule has 2 unspecified atom stereocenters. The van der Waals surface area contributed by atoms with Gasteiger partial charge in [0.1, 0.15) is 6.61 Å². The molecular formula is C26H40O3. The van der Waals surface area contributed by atoms with E-state index >= 15 is 0 Å². The van der Waals surface area contributed by atoms with Crippen molar-refractivity contribution in [3.63, 3.8) is 0 Å². The van der Waals surface area contributed by atoms with Gasteiger partial charge >= 0.3 is 5.97 Å². The van der Waals surface area contributed by atoms with Crippen molar-refractivity contribution < 1.29 is 14.6 Å². The number of hydrogen-bond donors (Lipinski definition) is 1. The summed E-state index contributed by atoms with van der Waals surface area (Å²) in [6.45, 7) is 4.20. The van der Waals surface area contributed by atoms with Crippen molar-refractivity contribution in [2.75, 3.05) is 0 Å². The van der Waals surface area contributed by atoms with E-state index in [0.29, 0.717) is 13.0 Å². The zero-order valence-corrected chi connectivity index (χ0v) is 18.1. The summed E-state index contributed by atoms with van der Waals surface area (Å²) in [6.07, 6.45) is 16.2. The van der Waals surface area contributed by atoms with Crippen LogP contribution in [0.15, 0.2) is 43.0 Å². The number of esters is 1. The van der Waals surface area contributed by atoms with Gasteiger partial charge in [-0.1, -0.05) is 94.2 Å². The van der Waals surface area contributed by atoms with E-state index in [1.807, 2.05) is 36.4 Å². The topological polar surface area (TPSA) is 46.5 Å².